The average molecular weight is 321 g/mol. The molecule has 0 spiro atoms. The van der Waals surface area contributed by atoms with E-state index in [2.05, 4.69) is 41.5 Å². The monoisotopic (exact) mass is 321 g/mol. The van der Waals surface area contributed by atoms with Gasteiger partial charge in [-0.15, -0.1) is 0 Å². The minimum atomic E-state index is 0.300. The number of likely N-dealkylation sites (tertiary alicyclic amines) is 1. The average Bonchev–Trinajstić information content (AvgIpc) is 3.09. The molecule has 1 unspecified atom stereocenters. The van der Waals surface area contributed by atoms with Gasteiger partial charge in [0.1, 0.15) is 0 Å². The summed E-state index contributed by atoms with van der Waals surface area (Å²) in [5.74, 6) is 0. The van der Waals surface area contributed by atoms with Crippen molar-refractivity contribution in [2.24, 2.45) is 0 Å². The second-order valence-corrected chi connectivity index (χ2v) is 6.01. The van der Waals surface area contributed by atoms with E-state index in [1.54, 1.807) is 6.08 Å². The zero-order chi connectivity index (χ0) is 17.4. The van der Waals surface area contributed by atoms with Gasteiger partial charge in [0.25, 0.3) is 0 Å². The van der Waals surface area contributed by atoms with Crippen LogP contribution in [0.3, 0.4) is 0 Å². The first-order valence-corrected chi connectivity index (χ1v) is 8.35. The summed E-state index contributed by atoms with van der Waals surface area (Å²) in [5, 5.41) is 3.43. The van der Waals surface area contributed by atoms with Crippen LogP contribution in [0.1, 0.15) is 18.4 Å². The molecule has 126 valence electrons. The Labute approximate surface area is 145 Å². The third-order valence-electron chi connectivity index (χ3n) is 4.33. The zero-order valence-corrected chi connectivity index (χ0v) is 14.4. The summed E-state index contributed by atoms with van der Waals surface area (Å²) in [4.78, 5) is 6.45. The Morgan fingerprint density at radius 2 is 2.04 bits per heavy atom. The second kappa shape index (κ2) is 8.92. The lowest BCUT2D eigenvalue weighted by atomic mass is 10.1. The van der Waals surface area contributed by atoms with Crippen LogP contribution in [0.2, 0.25) is 0 Å². The fraction of sp³-hybridized carbons (Fsp3) is 0.286. The molecule has 0 bridgehead atoms. The first-order chi connectivity index (χ1) is 11.7. The lowest BCUT2D eigenvalue weighted by molar-refractivity contribution is 0.339. The highest BCUT2D eigenvalue weighted by atomic mass is 15.2. The van der Waals surface area contributed by atoms with E-state index in [4.69, 9.17) is 0 Å². The molecule has 1 aliphatic rings. The van der Waals surface area contributed by atoms with Crippen molar-refractivity contribution in [3.63, 3.8) is 0 Å². The molecule has 2 heterocycles. The number of hydrogen-bond acceptors (Lipinski definition) is 3. The van der Waals surface area contributed by atoms with Gasteiger partial charge in [-0.2, -0.15) is 0 Å². The zero-order valence-electron chi connectivity index (χ0n) is 14.4. The van der Waals surface area contributed by atoms with Gasteiger partial charge >= 0.3 is 0 Å². The standard InChI is InChI=1S/C21H27N3/c1-5-8-19(6-2)16-23-18(4)21-9-7-14-24(21)17(3)15-20-10-12-22-13-11-20/h5-6,8,10-13,21,23H,1-4,7,9,14-16H2/b19-8+. The van der Waals surface area contributed by atoms with Crippen LogP contribution in [0, 0.1) is 0 Å². The Morgan fingerprint density at radius 1 is 1.29 bits per heavy atom. The lowest BCUT2D eigenvalue weighted by Crippen LogP contribution is -2.35. The van der Waals surface area contributed by atoms with Gasteiger partial charge in [0.2, 0.25) is 0 Å². The van der Waals surface area contributed by atoms with E-state index in [-0.39, 0.29) is 0 Å². The first-order valence-electron chi connectivity index (χ1n) is 8.35. The summed E-state index contributed by atoms with van der Waals surface area (Å²) < 4.78 is 0. The molecule has 0 saturated carbocycles. The third-order valence-corrected chi connectivity index (χ3v) is 4.33. The molecule has 1 fully saturated rings. The molecule has 1 N–H and O–H groups in total. The topological polar surface area (TPSA) is 28.2 Å². The number of aromatic nitrogens is 1. The predicted molar refractivity (Wildman–Crippen MR) is 102 cm³/mol. The van der Waals surface area contributed by atoms with E-state index in [0.29, 0.717) is 6.04 Å². The highest BCUT2D eigenvalue weighted by Crippen LogP contribution is 2.26. The van der Waals surface area contributed by atoms with Gasteiger partial charge in [0, 0.05) is 43.3 Å². The number of nitrogens with zero attached hydrogens (tertiary/aromatic N) is 2. The van der Waals surface area contributed by atoms with Crippen molar-refractivity contribution in [3.8, 4) is 0 Å². The van der Waals surface area contributed by atoms with Crippen LogP contribution >= 0.6 is 0 Å². The van der Waals surface area contributed by atoms with Gasteiger partial charge in [-0.05, 0) is 36.1 Å². The summed E-state index contributed by atoms with van der Waals surface area (Å²) in [6.07, 6.45) is 12.4. The minimum Gasteiger partial charge on any atom is -0.383 e. The van der Waals surface area contributed by atoms with Crippen LogP contribution in [0.4, 0.5) is 0 Å². The maximum atomic E-state index is 4.30. The maximum absolute atomic E-state index is 4.30. The number of allylic oxidation sites excluding steroid dienone is 3. The highest BCUT2D eigenvalue weighted by Gasteiger charge is 2.27. The van der Waals surface area contributed by atoms with Crippen LogP contribution in [-0.2, 0) is 6.42 Å². The molecule has 1 saturated heterocycles. The molecule has 1 aromatic heterocycles. The highest BCUT2D eigenvalue weighted by molar-refractivity contribution is 5.25. The van der Waals surface area contributed by atoms with Crippen LogP contribution in [-0.4, -0.2) is 29.0 Å². The summed E-state index contributed by atoms with van der Waals surface area (Å²) in [5.41, 5.74) is 4.52. The van der Waals surface area contributed by atoms with Gasteiger partial charge in [0.15, 0.2) is 0 Å². The van der Waals surface area contributed by atoms with E-state index in [1.807, 2.05) is 36.7 Å². The number of nitrogens with one attached hydrogen (secondary N) is 1. The molecule has 0 aliphatic carbocycles. The molecule has 1 aromatic rings. The Bertz CT molecular complexity index is 628. The third kappa shape index (κ3) is 4.72. The van der Waals surface area contributed by atoms with Crippen LogP contribution < -0.4 is 5.32 Å². The Hall–Kier alpha value is -2.55. The summed E-state index contributed by atoms with van der Waals surface area (Å²) in [7, 11) is 0. The molecule has 1 aliphatic heterocycles. The second-order valence-electron chi connectivity index (χ2n) is 6.01. The van der Waals surface area contributed by atoms with Crippen molar-refractivity contribution in [2.75, 3.05) is 13.1 Å². The molecular formula is C21H27N3. The number of hydrogen-bond donors (Lipinski definition) is 1. The van der Waals surface area contributed by atoms with E-state index in [9.17, 15) is 0 Å². The van der Waals surface area contributed by atoms with Crippen LogP contribution in [0.25, 0.3) is 0 Å². The molecular weight excluding hydrogens is 294 g/mol. The van der Waals surface area contributed by atoms with Crippen molar-refractivity contribution in [1.29, 1.82) is 0 Å². The van der Waals surface area contributed by atoms with Gasteiger partial charge in [0.05, 0.1) is 6.04 Å². The van der Waals surface area contributed by atoms with Gasteiger partial charge in [-0.3, -0.25) is 4.98 Å². The quantitative estimate of drug-likeness (QED) is 0.697. The molecule has 0 aromatic carbocycles. The van der Waals surface area contributed by atoms with Crippen molar-refractivity contribution in [3.05, 3.63) is 91.6 Å². The SMILES string of the molecule is C=C/C=C(\C=C)CNC(=C)C1CCCN1C(=C)Cc1ccncc1. The van der Waals surface area contributed by atoms with Crippen LogP contribution in [0.15, 0.2) is 86.0 Å². The van der Waals surface area contributed by atoms with Crippen molar-refractivity contribution in [1.82, 2.24) is 15.2 Å². The number of pyridine rings is 1. The Balaban J connectivity index is 1.95. The number of rotatable bonds is 9. The van der Waals surface area contributed by atoms with E-state index in [1.165, 1.54) is 5.56 Å². The summed E-state index contributed by atoms with van der Waals surface area (Å²) in [6.45, 7) is 17.9. The van der Waals surface area contributed by atoms with Gasteiger partial charge in [-0.25, -0.2) is 0 Å². The summed E-state index contributed by atoms with van der Waals surface area (Å²) >= 11 is 0. The smallest absolute Gasteiger partial charge is 0.0680 e. The predicted octanol–water partition coefficient (Wildman–Crippen LogP) is 4.00. The molecule has 0 radical (unpaired) electrons. The van der Waals surface area contributed by atoms with E-state index in [0.717, 1.165) is 49.3 Å². The molecule has 1 atom stereocenters. The fourth-order valence-corrected chi connectivity index (χ4v) is 3.03. The normalized spacial score (nSPS) is 17.4. The molecule has 24 heavy (non-hydrogen) atoms. The maximum Gasteiger partial charge on any atom is 0.0680 e. The van der Waals surface area contributed by atoms with Gasteiger partial charge in [-0.1, -0.05) is 44.5 Å². The molecule has 3 heteroatoms. The minimum absolute atomic E-state index is 0.300. The summed E-state index contributed by atoms with van der Waals surface area (Å²) in [6, 6.07) is 4.38. The van der Waals surface area contributed by atoms with E-state index < -0.39 is 0 Å². The Morgan fingerprint density at radius 3 is 2.71 bits per heavy atom. The largest absolute Gasteiger partial charge is 0.383 e. The van der Waals surface area contributed by atoms with Crippen LogP contribution in [0.5, 0.6) is 0 Å². The Kier molecular flexibility index (Phi) is 6.62. The molecule has 2 rings (SSSR count). The molecule has 3 nitrogen and oxygen atoms in total. The van der Waals surface area contributed by atoms with Crippen molar-refractivity contribution >= 4 is 0 Å². The van der Waals surface area contributed by atoms with Crippen molar-refractivity contribution < 1.29 is 0 Å². The van der Waals surface area contributed by atoms with Gasteiger partial charge < -0.3 is 10.2 Å². The fourth-order valence-electron chi connectivity index (χ4n) is 3.03. The van der Waals surface area contributed by atoms with Crippen molar-refractivity contribution in [2.45, 2.75) is 25.3 Å². The molecule has 0 amide bonds. The first kappa shape index (κ1) is 17.8. The lowest BCUT2D eigenvalue weighted by Gasteiger charge is -2.30. The van der Waals surface area contributed by atoms with E-state index >= 15 is 0 Å².